The molecule has 0 aromatic heterocycles. The zero-order valence-corrected chi connectivity index (χ0v) is 17.0. The van der Waals surface area contributed by atoms with E-state index in [1.165, 1.54) is 13.8 Å². The Morgan fingerprint density at radius 1 is 1.07 bits per heavy atom. The fourth-order valence-corrected chi connectivity index (χ4v) is 2.97. The highest BCUT2D eigenvalue weighted by atomic mass is 32.2. The average Bonchev–Trinajstić information content (AvgIpc) is 2.62. The van der Waals surface area contributed by atoms with Crippen molar-refractivity contribution in [1.29, 1.82) is 0 Å². The lowest BCUT2D eigenvalue weighted by Gasteiger charge is -2.24. The summed E-state index contributed by atoms with van der Waals surface area (Å²) in [5.74, 6) is -0.535. The van der Waals surface area contributed by atoms with Crippen LogP contribution in [-0.2, 0) is 4.79 Å². The van der Waals surface area contributed by atoms with E-state index in [2.05, 4.69) is 0 Å². The van der Waals surface area contributed by atoms with Gasteiger partial charge in [-0.05, 0) is 93.1 Å². The number of allylic oxidation sites excluding steroid dienone is 1. The van der Waals surface area contributed by atoms with Gasteiger partial charge in [0.2, 0.25) is 0 Å². The lowest BCUT2D eigenvalue weighted by molar-refractivity contribution is -0.152. The van der Waals surface area contributed by atoms with Gasteiger partial charge in [0.15, 0.2) is 11.4 Å². The summed E-state index contributed by atoms with van der Waals surface area (Å²) >= 11 is 1.63. The molecule has 0 aliphatic carbocycles. The number of ketones is 1. The normalized spacial score (nSPS) is 11.6. The summed E-state index contributed by atoms with van der Waals surface area (Å²) in [7, 11) is 0. The van der Waals surface area contributed by atoms with Crippen LogP contribution in [-0.4, -0.2) is 28.7 Å². The van der Waals surface area contributed by atoms with E-state index in [-0.39, 0.29) is 5.78 Å². The minimum absolute atomic E-state index is 0.0645. The average molecular weight is 384 g/mol. The fraction of sp³-hybridized carbons (Fsp3) is 0.273. The maximum Gasteiger partial charge on any atom is 0.347 e. The second-order valence-electron chi connectivity index (χ2n) is 6.83. The SMILES string of the molecule is CSc1ccc(C(=O)/C=C\c2cc(C)c(OC(C)(C)C(=O)O)c(C)c2)cc1. The van der Waals surface area contributed by atoms with Crippen molar-refractivity contribution in [3.63, 3.8) is 0 Å². The second-order valence-corrected chi connectivity index (χ2v) is 7.71. The van der Waals surface area contributed by atoms with Crippen molar-refractivity contribution >= 4 is 29.6 Å². The Hall–Kier alpha value is -2.53. The van der Waals surface area contributed by atoms with E-state index in [4.69, 9.17) is 4.74 Å². The van der Waals surface area contributed by atoms with E-state index in [1.807, 2.05) is 56.5 Å². The molecule has 0 amide bonds. The summed E-state index contributed by atoms with van der Waals surface area (Å²) in [5, 5.41) is 9.25. The number of aryl methyl sites for hydroxylation is 2. The molecule has 0 aliphatic rings. The molecule has 2 aromatic rings. The van der Waals surface area contributed by atoms with Gasteiger partial charge in [0.1, 0.15) is 5.75 Å². The fourth-order valence-electron chi connectivity index (χ4n) is 2.56. The Morgan fingerprint density at radius 3 is 2.11 bits per heavy atom. The number of carboxylic acid groups (broad SMARTS) is 1. The van der Waals surface area contributed by atoms with Gasteiger partial charge in [-0.1, -0.05) is 6.08 Å². The lowest BCUT2D eigenvalue weighted by Crippen LogP contribution is -2.38. The zero-order valence-electron chi connectivity index (χ0n) is 16.2. The molecular formula is C22H24O4S. The van der Waals surface area contributed by atoms with Gasteiger partial charge in [0.25, 0.3) is 0 Å². The summed E-state index contributed by atoms with van der Waals surface area (Å²) in [6.07, 6.45) is 5.30. The van der Waals surface area contributed by atoms with E-state index < -0.39 is 11.6 Å². The highest BCUT2D eigenvalue weighted by Gasteiger charge is 2.30. The number of carbonyl (C=O) groups is 2. The monoisotopic (exact) mass is 384 g/mol. The summed E-state index contributed by atoms with van der Waals surface area (Å²) < 4.78 is 5.70. The van der Waals surface area contributed by atoms with Crippen molar-refractivity contribution in [1.82, 2.24) is 0 Å². The van der Waals surface area contributed by atoms with Crippen molar-refractivity contribution in [3.8, 4) is 5.75 Å². The Bertz CT molecular complexity index is 857. The highest BCUT2D eigenvalue weighted by Crippen LogP contribution is 2.29. The molecule has 142 valence electrons. The maximum atomic E-state index is 12.3. The molecule has 27 heavy (non-hydrogen) atoms. The number of ether oxygens (including phenoxy) is 1. The highest BCUT2D eigenvalue weighted by molar-refractivity contribution is 7.98. The third-order valence-electron chi connectivity index (χ3n) is 4.16. The van der Waals surface area contributed by atoms with Crippen LogP contribution in [0.15, 0.2) is 47.4 Å². The third kappa shape index (κ3) is 5.23. The van der Waals surface area contributed by atoms with Crippen molar-refractivity contribution in [2.24, 2.45) is 0 Å². The summed E-state index contributed by atoms with van der Waals surface area (Å²) in [5.41, 5.74) is 1.83. The van der Waals surface area contributed by atoms with Crippen LogP contribution in [0.1, 0.15) is 40.9 Å². The molecule has 1 N–H and O–H groups in total. The van der Waals surface area contributed by atoms with E-state index in [1.54, 1.807) is 23.9 Å². The van der Waals surface area contributed by atoms with Crippen LogP contribution in [0.25, 0.3) is 6.08 Å². The van der Waals surface area contributed by atoms with Crippen LogP contribution < -0.4 is 4.74 Å². The predicted octanol–water partition coefficient (Wildman–Crippen LogP) is 5.16. The van der Waals surface area contributed by atoms with Crippen LogP contribution in [0.4, 0.5) is 0 Å². The second kappa shape index (κ2) is 8.44. The van der Waals surface area contributed by atoms with Gasteiger partial charge in [-0.3, -0.25) is 4.79 Å². The Balaban J connectivity index is 2.20. The number of aliphatic carboxylic acids is 1. The van der Waals surface area contributed by atoms with Gasteiger partial charge in [0.05, 0.1) is 0 Å². The largest absolute Gasteiger partial charge is 0.478 e. The molecule has 4 nitrogen and oxygen atoms in total. The van der Waals surface area contributed by atoms with Crippen molar-refractivity contribution in [2.45, 2.75) is 38.2 Å². The van der Waals surface area contributed by atoms with Gasteiger partial charge >= 0.3 is 5.97 Å². The lowest BCUT2D eigenvalue weighted by atomic mass is 10.0. The number of hydrogen-bond acceptors (Lipinski definition) is 4. The molecule has 0 radical (unpaired) electrons. The number of rotatable bonds is 7. The first-order valence-corrected chi connectivity index (χ1v) is 9.76. The molecule has 0 fully saturated rings. The molecule has 0 atom stereocenters. The molecule has 2 aromatic carbocycles. The standard InChI is InChI=1S/C22H24O4S/c1-14-12-16(13-15(2)20(14)26-22(3,4)21(24)25)6-11-19(23)17-7-9-18(27-5)10-8-17/h6-13H,1-5H3,(H,24,25)/b11-6-. The maximum absolute atomic E-state index is 12.3. The molecule has 0 spiro atoms. The Kier molecular flexibility index (Phi) is 6.50. The van der Waals surface area contributed by atoms with Crippen LogP contribution in [0.2, 0.25) is 0 Å². The number of carbonyl (C=O) groups excluding carboxylic acids is 1. The molecule has 0 saturated carbocycles. The summed E-state index contributed by atoms with van der Waals surface area (Å²) in [4.78, 5) is 24.7. The number of benzene rings is 2. The first-order valence-electron chi connectivity index (χ1n) is 8.54. The van der Waals surface area contributed by atoms with E-state index in [0.717, 1.165) is 21.6 Å². The van der Waals surface area contributed by atoms with Gasteiger partial charge in [0, 0.05) is 10.5 Å². The molecule has 0 saturated heterocycles. The molecule has 0 bridgehead atoms. The molecular weight excluding hydrogens is 360 g/mol. The predicted molar refractivity (Wildman–Crippen MR) is 110 cm³/mol. The van der Waals surface area contributed by atoms with Crippen LogP contribution in [0.3, 0.4) is 0 Å². The molecule has 5 heteroatoms. The first kappa shape index (κ1) is 20.8. The molecule has 0 aliphatic heterocycles. The third-order valence-corrected chi connectivity index (χ3v) is 4.90. The van der Waals surface area contributed by atoms with Crippen LogP contribution in [0, 0.1) is 13.8 Å². The minimum atomic E-state index is -1.31. The first-order chi connectivity index (χ1) is 12.6. The van der Waals surface area contributed by atoms with E-state index in [0.29, 0.717) is 11.3 Å². The Morgan fingerprint density at radius 2 is 1.63 bits per heavy atom. The Labute approximate surface area is 164 Å². The quantitative estimate of drug-likeness (QED) is 0.406. The van der Waals surface area contributed by atoms with Gasteiger partial charge in [-0.15, -0.1) is 11.8 Å². The number of hydrogen-bond donors (Lipinski definition) is 1. The number of thioether (sulfide) groups is 1. The minimum Gasteiger partial charge on any atom is -0.478 e. The smallest absolute Gasteiger partial charge is 0.347 e. The van der Waals surface area contributed by atoms with Crippen LogP contribution >= 0.6 is 11.8 Å². The van der Waals surface area contributed by atoms with Gasteiger partial charge < -0.3 is 9.84 Å². The van der Waals surface area contributed by atoms with Crippen LogP contribution in [0.5, 0.6) is 5.75 Å². The number of carboxylic acids is 1. The van der Waals surface area contributed by atoms with Gasteiger partial charge in [-0.2, -0.15) is 0 Å². The topological polar surface area (TPSA) is 63.6 Å². The molecule has 0 unspecified atom stereocenters. The van der Waals surface area contributed by atoms with Crippen molar-refractivity contribution in [3.05, 3.63) is 64.7 Å². The molecule has 2 rings (SSSR count). The van der Waals surface area contributed by atoms with Crippen molar-refractivity contribution in [2.75, 3.05) is 6.26 Å². The van der Waals surface area contributed by atoms with E-state index in [9.17, 15) is 14.7 Å². The van der Waals surface area contributed by atoms with E-state index >= 15 is 0 Å². The molecule has 0 heterocycles. The summed E-state index contributed by atoms with van der Waals surface area (Å²) in [6, 6.07) is 11.2. The summed E-state index contributed by atoms with van der Waals surface area (Å²) in [6.45, 7) is 6.76. The van der Waals surface area contributed by atoms with Gasteiger partial charge in [-0.25, -0.2) is 4.79 Å². The zero-order chi connectivity index (χ0) is 20.2. The van der Waals surface area contributed by atoms with Crippen molar-refractivity contribution < 1.29 is 19.4 Å².